The van der Waals surface area contributed by atoms with E-state index in [-0.39, 0.29) is 17.9 Å². The minimum Gasteiger partial charge on any atom is -0.354 e. The van der Waals surface area contributed by atoms with Crippen molar-refractivity contribution in [1.82, 2.24) is 30.3 Å². The fraction of sp³-hybridized carbons (Fsp3) is 0.500. The average molecular weight is 382 g/mol. The zero-order valence-electron chi connectivity index (χ0n) is 15.9. The van der Waals surface area contributed by atoms with E-state index in [4.69, 9.17) is 0 Å². The van der Waals surface area contributed by atoms with Crippen LogP contribution in [0.1, 0.15) is 36.0 Å². The average Bonchev–Trinajstić information content (AvgIpc) is 3.46. The van der Waals surface area contributed by atoms with Crippen LogP contribution < -0.4 is 10.6 Å². The predicted octanol–water partition coefficient (Wildman–Crippen LogP) is 0.988. The van der Waals surface area contributed by atoms with Crippen LogP contribution in [0.2, 0.25) is 0 Å². The first-order valence-electron chi connectivity index (χ1n) is 9.96. The molecule has 4 rings (SSSR count). The van der Waals surface area contributed by atoms with Gasteiger partial charge in [0.25, 0.3) is 5.91 Å². The Hall–Kier alpha value is -2.74. The third kappa shape index (κ3) is 4.22. The molecule has 28 heavy (non-hydrogen) atoms. The van der Waals surface area contributed by atoms with E-state index in [1.165, 1.54) is 6.33 Å². The number of aromatic nitrogens is 3. The highest BCUT2D eigenvalue weighted by atomic mass is 16.2. The Morgan fingerprint density at radius 3 is 2.75 bits per heavy atom. The number of piperidine rings is 1. The van der Waals surface area contributed by atoms with Crippen molar-refractivity contribution in [3.05, 3.63) is 42.5 Å². The number of nitrogens with zero attached hydrogens (tertiary/aromatic N) is 4. The van der Waals surface area contributed by atoms with E-state index in [0.717, 1.165) is 44.5 Å². The maximum atomic E-state index is 12.9. The van der Waals surface area contributed by atoms with Gasteiger partial charge in [-0.15, -0.1) is 0 Å². The standard InChI is InChI=1S/C20H26N6O2/c27-19(18-4-1-9-22-18)23-11-15-3-2-10-25(12-15)20(28)16-5-7-17(8-6-16)26-14-21-13-24-26/h5-8,13-15,18,22H,1-4,9-12H2,(H,23,27). The van der Waals surface area contributed by atoms with Gasteiger partial charge >= 0.3 is 0 Å². The first-order valence-corrected chi connectivity index (χ1v) is 9.96. The molecule has 0 radical (unpaired) electrons. The third-order valence-electron chi connectivity index (χ3n) is 5.55. The van der Waals surface area contributed by atoms with E-state index in [9.17, 15) is 9.59 Å². The highest BCUT2D eigenvalue weighted by Crippen LogP contribution is 2.19. The summed E-state index contributed by atoms with van der Waals surface area (Å²) in [7, 11) is 0. The van der Waals surface area contributed by atoms with Crippen LogP contribution in [0.5, 0.6) is 0 Å². The number of benzene rings is 1. The van der Waals surface area contributed by atoms with Crippen molar-refractivity contribution in [3.63, 3.8) is 0 Å². The summed E-state index contributed by atoms with van der Waals surface area (Å²) in [4.78, 5) is 30.9. The number of rotatable bonds is 5. The van der Waals surface area contributed by atoms with E-state index in [1.54, 1.807) is 11.0 Å². The lowest BCUT2D eigenvalue weighted by molar-refractivity contribution is -0.123. The normalized spacial score (nSPS) is 22.2. The van der Waals surface area contributed by atoms with Crippen molar-refractivity contribution in [1.29, 1.82) is 0 Å². The van der Waals surface area contributed by atoms with Gasteiger partial charge in [-0.1, -0.05) is 0 Å². The number of likely N-dealkylation sites (tertiary alicyclic amines) is 1. The van der Waals surface area contributed by atoms with Gasteiger partial charge in [0.15, 0.2) is 0 Å². The minimum absolute atomic E-state index is 0.0404. The summed E-state index contributed by atoms with van der Waals surface area (Å²) < 4.78 is 1.66. The van der Waals surface area contributed by atoms with Crippen LogP contribution in [-0.4, -0.2) is 63.7 Å². The zero-order valence-corrected chi connectivity index (χ0v) is 15.9. The molecule has 2 aliphatic rings. The third-order valence-corrected chi connectivity index (χ3v) is 5.55. The van der Waals surface area contributed by atoms with Crippen molar-refractivity contribution >= 4 is 11.8 Å². The number of carbonyl (C=O) groups is 2. The summed E-state index contributed by atoms with van der Waals surface area (Å²) in [5.74, 6) is 0.431. The fourth-order valence-electron chi connectivity index (χ4n) is 3.97. The summed E-state index contributed by atoms with van der Waals surface area (Å²) in [6.07, 6.45) is 7.07. The summed E-state index contributed by atoms with van der Waals surface area (Å²) in [5.41, 5.74) is 1.54. The van der Waals surface area contributed by atoms with Gasteiger partial charge in [0.2, 0.25) is 5.91 Å². The lowest BCUT2D eigenvalue weighted by atomic mass is 9.97. The topological polar surface area (TPSA) is 92.2 Å². The first kappa shape index (κ1) is 18.6. The van der Waals surface area contributed by atoms with Gasteiger partial charge in [-0.2, -0.15) is 5.10 Å². The number of nitrogens with one attached hydrogen (secondary N) is 2. The van der Waals surface area contributed by atoms with Crippen LogP contribution in [0.25, 0.3) is 5.69 Å². The maximum Gasteiger partial charge on any atom is 0.253 e. The van der Waals surface area contributed by atoms with Crippen molar-refractivity contribution in [2.45, 2.75) is 31.7 Å². The monoisotopic (exact) mass is 382 g/mol. The van der Waals surface area contributed by atoms with Gasteiger partial charge < -0.3 is 15.5 Å². The fourth-order valence-corrected chi connectivity index (χ4v) is 3.97. The molecule has 2 aromatic rings. The maximum absolute atomic E-state index is 12.9. The lowest BCUT2D eigenvalue weighted by Gasteiger charge is -2.33. The second-order valence-electron chi connectivity index (χ2n) is 7.54. The zero-order chi connectivity index (χ0) is 19.3. The Morgan fingerprint density at radius 1 is 1.18 bits per heavy atom. The van der Waals surface area contributed by atoms with E-state index in [1.807, 2.05) is 29.2 Å². The summed E-state index contributed by atoms with van der Waals surface area (Å²) >= 11 is 0. The van der Waals surface area contributed by atoms with Crippen LogP contribution in [-0.2, 0) is 4.79 Å². The van der Waals surface area contributed by atoms with Crippen LogP contribution in [0.3, 0.4) is 0 Å². The van der Waals surface area contributed by atoms with Gasteiger partial charge in [0.05, 0.1) is 11.7 Å². The van der Waals surface area contributed by atoms with Crippen molar-refractivity contribution in [2.24, 2.45) is 5.92 Å². The molecule has 2 atom stereocenters. The minimum atomic E-state index is -0.0511. The Morgan fingerprint density at radius 2 is 2.04 bits per heavy atom. The van der Waals surface area contributed by atoms with Crippen LogP contribution in [0, 0.1) is 5.92 Å². The molecule has 0 saturated carbocycles. The SMILES string of the molecule is O=C(NCC1CCCN(C(=O)c2ccc(-n3cncn3)cc2)C1)C1CCCN1. The molecule has 2 saturated heterocycles. The molecule has 2 aliphatic heterocycles. The quantitative estimate of drug-likeness (QED) is 0.805. The molecular weight excluding hydrogens is 356 g/mol. The first-order chi connectivity index (χ1) is 13.7. The number of hydrogen-bond donors (Lipinski definition) is 2. The summed E-state index contributed by atoms with van der Waals surface area (Å²) in [6, 6.07) is 7.35. The summed E-state index contributed by atoms with van der Waals surface area (Å²) in [5, 5.41) is 10.4. The van der Waals surface area contributed by atoms with E-state index in [2.05, 4.69) is 20.7 Å². The molecule has 2 unspecified atom stereocenters. The molecule has 2 N–H and O–H groups in total. The van der Waals surface area contributed by atoms with Crippen LogP contribution >= 0.6 is 0 Å². The molecule has 8 nitrogen and oxygen atoms in total. The van der Waals surface area contributed by atoms with Crippen LogP contribution in [0.4, 0.5) is 0 Å². The van der Waals surface area contributed by atoms with Crippen molar-refractivity contribution in [2.75, 3.05) is 26.2 Å². The molecular formula is C20H26N6O2. The van der Waals surface area contributed by atoms with Gasteiger partial charge in [0.1, 0.15) is 12.7 Å². The molecule has 0 spiro atoms. The van der Waals surface area contributed by atoms with Crippen molar-refractivity contribution < 1.29 is 9.59 Å². The van der Waals surface area contributed by atoms with E-state index >= 15 is 0 Å². The molecule has 148 valence electrons. The molecule has 8 heteroatoms. The highest BCUT2D eigenvalue weighted by molar-refractivity contribution is 5.94. The van der Waals surface area contributed by atoms with Crippen LogP contribution in [0.15, 0.2) is 36.9 Å². The molecule has 3 heterocycles. The summed E-state index contributed by atoms with van der Waals surface area (Å²) in [6.45, 7) is 2.99. The largest absolute Gasteiger partial charge is 0.354 e. The Balaban J connectivity index is 1.32. The number of hydrogen-bond acceptors (Lipinski definition) is 5. The van der Waals surface area contributed by atoms with E-state index in [0.29, 0.717) is 24.6 Å². The predicted molar refractivity (Wildman–Crippen MR) is 104 cm³/mol. The molecule has 0 aliphatic carbocycles. The Labute approximate surface area is 164 Å². The molecule has 2 fully saturated rings. The van der Waals surface area contributed by atoms with Gasteiger partial charge in [-0.25, -0.2) is 9.67 Å². The number of carbonyl (C=O) groups excluding carboxylic acids is 2. The van der Waals surface area contributed by atoms with Gasteiger partial charge in [0, 0.05) is 25.2 Å². The number of amides is 2. The Bertz CT molecular complexity index is 799. The molecule has 1 aromatic heterocycles. The Kier molecular flexibility index (Phi) is 5.66. The smallest absolute Gasteiger partial charge is 0.253 e. The molecule has 2 amide bonds. The molecule has 0 bridgehead atoms. The lowest BCUT2D eigenvalue weighted by Crippen LogP contribution is -2.46. The van der Waals surface area contributed by atoms with E-state index < -0.39 is 0 Å². The molecule has 1 aromatic carbocycles. The highest BCUT2D eigenvalue weighted by Gasteiger charge is 2.26. The second kappa shape index (κ2) is 8.52. The van der Waals surface area contributed by atoms with Gasteiger partial charge in [-0.05, 0) is 62.4 Å². The van der Waals surface area contributed by atoms with Crippen molar-refractivity contribution in [3.8, 4) is 5.69 Å². The second-order valence-corrected chi connectivity index (χ2v) is 7.54. The van der Waals surface area contributed by atoms with Gasteiger partial charge in [-0.3, -0.25) is 9.59 Å².